The van der Waals surface area contributed by atoms with Crippen molar-refractivity contribution in [3.8, 4) is 0 Å². The highest BCUT2D eigenvalue weighted by Crippen LogP contribution is 2.30. The van der Waals surface area contributed by atoms with Crippen molar-refractivity contribution in [2.45, 2.75) is 18.9 Å². The molecule has 3 rings (SSSR count). The second-order valence-electron chi connectivity index (χ2n) is 7.18. The number of halogens is 1. The molecule has 0 heterocycles. The van der Waals surface area contributed by atoms with E-state index in [0.717, 1.165) is 18.4 Å². The lowest BCUT2D eigenvalue weighted by molar-refractivity contribution is -0.117. The summed E-state index contributed by atoms with van der Waals surface area (Å²) in [6.45, 7) is 0.403. The Morgan fingerprint density at radius 2 is 1.75 bits per heavy atom. The van der Waals surface area contributed by atoms with Gasteiger partial charge < -0.3 is 20.9 Å². The molecule has 0 aromatic heterocycles. The maximum Gasteiger partial charge on any atom is 0.319 e. The molecule has 1 aliphatic carbocycles. The number of likely N-dealkylation sites (N-methyl/N-ethyl adjacent to an activating group) is 1. The number of hydrogen-bond donors (Lipinski definition) is 3. The van der Waals surface area contributed by atoms with Crippen LogP contribution < -0.4 is 16.0 Å². The van der Waals surface area contributed by atoms with Crippen LogP contribution in [0, 0.1) is 5.92 Å². The fourth-order valence-corrected chi connectivity index (χ4v) is 3.21. The summed E-state index contributed by atoms with van der Waals surface area (Å²) in [6, 6.07) is 14.4. The molecule has 2 aromatic rings. The van der Waals surface area contributed by atoms with Gasteiger partial charge in [0.2, 0.25) is 5.91 Å². The van der Waals surface area contributed by atoms with Crippen molar-refractivity contribution in [3.05, 3.63) is 59.1 Å². The highest BCUT2D eigenvalue weighted by atomic mass is 35.5. The minimum atomic E-state index is -0.315. The summed E-state index contributed by atoms with van der Waals surface area (Å²) in [5, 5.41) is 9.24. The van der Waals surface area contributed by atoms with Gasteiger partial charge in [-0.15, -0.1) is 0 Å². The van der Waals surface area contributed by atoms with Gasteiger partial charge >= 0.3 is 6.03 Å². The molecule has 0 saturated heterocycles. The van der Waals surface area contributed by atoms with Crippen molar-refractivity contribution >= 4 is 34.9 Å². The highest BCUT2D eigenvalue weighted by molar-refractivity contribution is 6.31. The summed E-state index contributed by atoms with van der Waals surface area (Å²) in [7, 11) is 3.89. The van der Waals surface area contributed by atoms with Gasteiger partial charge in [-0.25, -0.2) is 4.79 Å². The molecule has 7 heteroatoms. The number of nitrogens with one attached hydrogen (secondary N) is 3. The number of anilines is 2. The SMILES string of the molecule is CN(C)C(CNC(=O)Nc1cccc(NC(=O)C2CC2)c1)c1ccccc1Cl. The molecule has 1 unspecified atom stereocenters. The monoisotopic (exact) mass is 400 g/mol. The third-order valence-corrected chi connectivity index (χ3v) is 5.02. The minimum Gasteiger partial charge on any atom is -0.336 e. The Morgan fingerprint density at radius 3 is 2.39 bits per heavy atom. The van der Waals surface area contributed by atoms with Crippen LogP contribution in [-0.4, -0.2) is 37.5 Å². The molecule has 0 spiro atoms. The first-order valence-corrected chi connectivity index (χ1v) is 9.68. The van der Waals surface area contributed by atoms with Gasteiger partial charge in [-0.3, -0.25) is 4.79 Å². The number of urea groups is 1. The van der Waals surface area contributed by atoms with E-state index in [1.54, 1.807) is 18.2 Å². The molecule has 2 aromatic carbocycles. The average Bonchev–Trinajstić information content (AvgIpc) is 3.48. The molecule has 3 N–H and O–H groups in total. The molecule has 1 aliphatic rings. The Morgan fingerprint density at radius 1 is 1.07 bits per heavy atom. The van der Waals surface area contributed by atoms with Gasteiger partial charge in [0.25, 0.3) is 0 Å². The minimum absolute atomic E-state index is 0.0372. The molecule has 0 aliphatic heterocycles. The van der Waals surface area contributed by atoms with E-state index in [2.05, 4.69) is 16.0 Å². The van der Waals surface area contributed by atoms with Crippen molar-refractivity contribution in [1.82, 2.24) is 10.2 Å². The van der Waals surface area contributed by atoms with E-state index >= 15 is 0 Å². The number of rotatable bonds is 7. The maximum atomic E-state index is 12.3. The van der Waals surface area contributed by atoms with Gasteiger partial charge in [-0.2, -0.15) is 0 Å². The molecule has 6 nitrogen and oxygen atoms in total. The Labute approximate surface area is 170 Å². The van der Waals surface area contributed by atoms with Crippen LogP contribution in [0.25, 0.3) is 0 Å². The third-order valence-electron chi connectivity index (χ3n) is 4.68. The Bertz CT molecular complexity index is 852. The molecule has 3 amide bonds. The second kappa shape index (κ2) is 9.08. The zero-order valence-electron chi connectivity index (χ0n) is 16.0. The lowest BCUT2D eigenvalue weighted by Gasteiger charge is -2.26. The van der Waals surface area contributed by atoms with Crippen LogP contribution in [-0.2, 0) is 4.79 Å². The van der Waals surface area contributed by atoms with E-state index in [-0.39, 0.29) is 23.9 Å². The van der Waals surface area contributed by atoms with E-state index < -0.39 is 0 Å². The van der Waals surface area contributed by atoms with Gasteiger partial charge in [0.15, 0.2) is 0 Å². The van der Waals surface area contributed by atoms with Crippen molar-refractivity contribution in [1.29, 1.82) is 0 Å². The second-order valence-corrected chi connectivity index (χ2v) is 7.59. The van der Waals surface area contributed by atoms with Crippen LogP contribution in [0.1, 0.15) is 24.4 Å². The van der Waals surface area contributed by atoms with Crippen molar-refractivity contribution < 1.29 is 9.59 Å². The molecule has 1 saturated carbocycles. The summed E-state index contributed by atoms with van der Waals surface area (Å²) in [5.74, 6) is 0.169. The average molecular weight is 401 g/mol. The lowest BCUT2D eigenvalue weighted by atomic mass is 10.1. The van der Waals surface area contributed by atoms with Crippen molar-refractivity contribution in [2.24, 2.45) is 5.92 Å². The first-order valence-electron chi connectivity index (χ1n) is 9.30. The van der Waals surface area contributed by atoms with Crippen molar-refractivity contribution in [3.63, 3.8) is 0 Å². The number of benzene rings is 2. The summed E-state index contributed by atoms with van der Waals surface area (Å²) in [4.78, 5) is 26.2. The molecule has 1 atom stereocenters. The Balaban J connectivity index is 1.57. The quantitative estimate of drug-likeness (QED) is 0.654. The molecule has 0 radical (unpaired) electrons. The normalized spacial score (nSPS) is 14.4. The van der Waals surface area contributed by atoms with Crippen LogP contribution in [0.2, 0.25) is 5.02 Å². The predicted molar refractivity (Wildman–Crippen MR) is 113 cm³/mol. The number of hydrogen-bond acceptors (Lipinski definition) is 3. The number of carbonyl (C=O) groups is 2. The largest absolute Gasteiger partial charge is 0.336 e. The van der Waals surface area contributed by atoms with Gasteiger partial charge in [0.05, 0.1) is 6.04 Å². The molecular formula is C21H25ClN4O2. The predicted octanol–water partition coefficient (Wildman–Crippen LogP) is 4.11. The summed E-state index contributed by atoms with van der Waals surface area (Å²) in [5.41, 5.74) is 2.25. The van der Waals surface area contributed by atoms with E-state index in [1.807, 2.05) is 49.3 Å². The first kappa shape index (κ1) is 20.2. The van der Waals surface area contributed by atoms with Crippen LogP contribution in [0.5, 0.6) is 0 Å². The highest BCUT2D eigenvalue weighted by Gasteiger charge is 2.29. The van der Waals surface area contributed by atoms with Gasteiger partial charge in [-0.1, -0.05) is 35.9 Å². The number of nitrogens with zero attached hydrogens (tertiary/aromatic N) is 1. The van der Waals surface area contributed by atoms with E-state index in [0.29, 0.717) is 22.9 Å². The number of amides is 3. The zero-order valence-corrected chi connectivity index (χ0v) is 16.8. The van der Waals surface area contributed by atoms with E-state index in [1.165, 1.54) is 0 Å². The van der Waals surface area contributed by atoms with Crippen LogP contribution >= 0.6 is 11.6 Å². The Kier molecular flexibility index (Phi) is 6.54. The standard InChI is InChI=1S/C21H25ClN4O2/c1-26(2)19(17-8-3-4-9-18(17)22)13-23-21(28)25-16-7-5-6-15(12-16)24-20(27)14-10-11-14/h3-9,12,14,19H,10-11,13H2,1-2H3,(H,24,27)(H2,23,25,28). The molecular weight excluding hydrogens is 376 g/mol. The van der Waals surface area contributed by atoms with E-state index in [9.17, 15) is 9.59 Å². The van der Waals surface area contributed by atoms with E-state index in [4.69, 9.17) is 11.6 Å². The van der Waals surface area contributed by atoms with Gasteiger partial charge in [-0.05, 0) is 56.8 Å². The molecule has 28 heavy (non-hydrogen) atoms. The Hall–Kier alpha value is -2.57. The number of carbonyl (C=O) groups excluding carboxylic acids is 2. The lowest BCUT2D eigenvalue weighted by Crippen LogP contribution is -2.37. The zero-order chi connectivity index (χ0) is 20.1. The maximum absolute atomic E-state index is 12.3. The molecule has 0 bridgehead atoms. The summed E-state index contributed by atoms with van der Waals surface area (Å²) >= 11 is 6.30. The van der Waals surface area contributed by atoms with Crippen LogP contribution in [0.15, 0.2) is 48.5 Å². The summed E-state index contributed by atoms with van der Waals surface area (Å²) < 4.78 is 0. The third kappa shape index (κ3) is 5.47. The van der Waals surface area contributed by atoms with Crippen LogP contribution in [0.4, 0.5) is 16.2 Å². The topological polar surface area (TPSA) is 73.5 Å². The fourth-order valence-electron chi connectivity index (χ4n) is 2.95. The van der Waals surface area contributed by atoms with Crippen LogP contribution in [0.3, 0.4) is 0 Å². The van der Waals surface area contributed by atoms with Gasteiger partial charge in [0.1, 0.15) is 0 Å². The smallest absolute Gasteiger partial charge is 0.319 e. The van der Waals surface area contributed by atoms with Crippen molar-refractivity contribution in [2.75, 3.05) is 31.3 Å². The molecule has 1 fully saturated rings. The first-order chi connectivity index (χ1) is 13.4. The molecule has 148 valence electrons. The summed E-state index contributed by atoms with van der Waals surface area (Å²) in [6.07, 6.45) is 1.90. The van der Waals surface area contributed by atoms with Gasteiger partial charge in [0, 0.05) is 28.9 Å². The fraction of sp³-hybridized carbons (Fsp3) is 0.333.